The maximum atomic E-state index is 6.01. The molecule has 0 unspecified atom stereocenters. The van der Waals surface area contributed by atoms with Crippen LogP contribution in [-0.4, -0.2) is 19.6 Å². The maximum absolute atomic E-state index is 6.01. The van der Waals surface area contributed by atoms with Crippen LogP contribution in [0.1, 0.15) is 11.4 Å². The molecule has 5 heteroatoms. The number of nitrogen functional groups attached to an aromatic ring is 1. The molecular weight excluding hydrogens is 334 g/mol. The van der Waals surface area contributed by atoms with Crippen LogP contribution >= 0.6 is 0 Å². The molecule has 0 atom stereocenters. The molecule has 0 saturated heterocycles. The van der Waals surface area contributed by atoms with E-state index >= 15 is 0 Å². The molecule has 3 aromatic carbocycles. The van der Waals surface area contributed by atoms with Crippen molar-refractivity contribution in [2.75, 3.05) is 5.84 Å². The average Bonchev–Trinajstić information content (AvgIpc) is 3.22. The minimum absolute atomic E-state index is 0.800. The zero-order valence-corrected chi connectivity index (χ0v) is 15.2. The number of aromatic amines is 1. The van der Waals surface area contributed by atoms with Gasteiger partial charge in [-0.3, -0.25) is 0 Å². The van der Waals surface area contributed by atoms with Crippen LogP contribution in [-0.2, 0) is 0 Å². The monoisotopic (exact) mass is 353 g/mol. The fourth-order valence-corrected chi connectivity index (χ4v) is 3.52. The summed E-state index contributed by atoms with van der Waals surface area (Å²) in [6.45, 7) is 3.99. The van der Waals surface area contributed by atoms with Crippen LogP contribution in [0.15, 0.2) is 60.7 Å². The Morgan fingerprint density at radius 3 is 2.48 bits per heavy atom. The summed E-state index contributed by atoms with van der Waals surface area (Å²) in [5.74, 6) is 7.70. The second-order valence-electron chi connectivity index (χ2n) is 6.92. The molecule has 5 rings (SSSR count). The number of rotatable bonds is 2. The smallest absolute Gasteiger partial charge is 0.138 e. The van der Waals surface area contributed by atoms with Gasteiger partial charge in [-0.25, -0.2) is 14.6 Å². The minimum atomic E-state index is 0.800. The Balaban J connectivity index is 1.60. The Bertz CT molecular complexity index is 1310. The Morgan fingerprint density at radius 2 is 1.63 bits per heavy atom. The zero-order valence-electron chi connectivity index (χ0n) is 15.2. The maximum Gasteiger partial charge on any atom is 0.138 e. The first-order chi connectivity index (χ1) is 13.1. The van der Waals surface area contributed by atoms with Gasteiger partial charge in [0.2, 0.25) is 0 Å². The van der Waals surface area contributed by atoms with E-state index in [1.807, 2.05) is 13.0 Å². The second kappa shape index (κ2) is 5.71. The molecule has 2 aromatic heterocycles. The van der Waals surface area contributed by atoms with Crippen molar-refractivity contribution in [3.63, 3.8) is 0 Å². The van der Waals surface area contributed by atoms with E-state index < -0.39 is 0 Å². The predicted octanol–water partition coefficient (Wildman–Crippen LogP) is 4.58. The van der Waals surface area contributed by atoms with Crippen molar-refractivity contribution in [1.82, 2.24) is 19.6 Å². The summed E-state index contributed by atoms with van der Waals surface area (Å²) in [7, 11) is 0. The third-order valence-corrected chi connectivity index (χ3v) is 4.97. The lowest BCUT2D eigenvalue weighted by Gasteiger charge is -2.02. The Labute approximate surface area is 156 Å². The first-order valence-corrected chi connectivity index (χ1v) is 8.90. The molecule has 2 heterocycles. The molecule has 0 bridgehead atoms. The van der Waals surface area contributed by atoms with E-state index in [1.165, 1.54) is 5.56 Å². The fraction of sp³-hybridized carbons (Fsp3) is 0.0909. The first kappa shape index (κ1) is 15.6. The van der Waals surface area contributed by atoms with E-state index in [4.69, 9.17) is 10.8 Å². The van der Waals surface area contributed by atoms with Crippen LogP contribution in [0.25, 0.3) is 44.6 Å². The van der Waals surface area contributed by atoms with Gasteiger partial charge in [-0.15, -0.1) is 0 Å². The van der Waals surface area contributed by atoms with Crippen LogP contribution in [0.5, 0.6) is 0 Å². The van der Waals surface area contributed by atoms with Gasteiger partial charge in [-0.2, -0.15) is 0 Å². The van der Waals surface area contributed by atoms with Gasteiger partial charge in [0.15, 0.2) is 0 Å². The summed E-state index contributed by atoms with van der Waals surface area (Å²) >= 11 is 0. The highest BCUT2D eigenvalue weighted by atomic mass is 15.3. The number of nitrogens with two attached hydrogens (primary N) is 1. The van der Waals surface area contributed by atoms with Crippen molar-refractivity contribution in [2.24, 2.45) is 0 Å². The number of imidazole rings is 2. The molecule has 0 spiro atoms. The molecule has 27 heavy (non-hydrogen) atoms. The number of hydrogen-bond donors (Lipinski definition) is 2. The van der Waals surface area contributed by atoms with Gasteiger partial charge >= 0.3 is 0 Å². The van der Waals surface area contributed by atoms with Crippen LogP contribution < -0.4 is 5.84 Å². The van der Waals surface area contributed by atoms with Crippen LogP contribution in [0.4, 0.5) is 0 Å². The SMILES string of the molecule is Cc1cccc(-c2nc3ccc(-c4ccc5c(c4)nc(C)n5N)cc3[nH]2)c1. The highest BCUT2D eigenvalue weighted by molar-refractivity contribution is 5.87. The summed E-state index contributed by atoms with van der Waals surface area (Å²) in [4.78, 5) is 12.7. The van der Waals surface area contributed by atoms with Gasteiger partial charge < -0.3 is 10.8 Å². The molecule has 0 fully saturated rings. The first-order valence-electron chi connectivity index (χ1n) is 8.90. The number of H-pyrrole nitrogens is 1. The molecule has 3 N–H and O–H groups in total. The third kappa shape index (κ3) is 2.56. The van der Waals surface area contributed by atoms with E-state index in [1.54, 1.807) is 4.68 Å². The number of nitrogens with zero attached hydrogens (tertiary/aromatic N) is 3. The van der Waals surface area contributed by atoms with Gasteiger partial charge in [0, 0.05) is 5.56 Å². The molecule has 0 saturated carbocycles. The normalized spacial score (nSPS) is 11.5. The lowest BCUT2D eigenvalue weighted by Crippen LogP contribution is -2.09. The molecule has 0 amide bonds. The topological polar surface area (TPSA) is 72.5 Å². The van der Waals surface area contributed by atoms with Crippen molar-refractivity contribution >= 4 is 22.1 Å². The number of benzene rings is 3. The summed E-state index contributed by atoms with van der Waals surface area (Å²) < 4.78 is 1.62. The Hall–Kier alpha value is -3.60. The van der Waals surface area contributed by atoms with E-state index in [-0.39, 0.29) is 0 Å². The lowest BCUT2D eigenvalue weighted by molar-refractivity contribution is 0.956. The average molecular weight is 353 g/mol. The largest absolute Gasteiger partial charge is 0.338 e. The van der Waals surface area contributed by atoms with Crippen LogP contribution in [0, 0.1) is 13.8 Å². The summed E-state index contributed by atoms with van der Waals surface area (Å²) in [6, 6.07) is 20.8. The summed E-state index contributed by atoms with van der Waals surface area (Å²) in [5, 5.41) is 0. The number of aryl methyl sites for hydroxylation is 2. The molecule has 132 valence electrons. The van der Waals surface area contributed by atoms with Crippen LogP contribution in [0.2, 0.25) is 0 Å². The number of hydrogen-bond acceptors (Lipinski definition) is 3. The van der Waals surface area contributed by atoms with Crippen molar-refractivity contribution in [3.05, 3.63) is 72.1 Å². The van der Waals surface area contributed by atoms with E-state index in [9.17, 15) is 0 Å². The molecule has 0 radical (unpaired) electrons. The highest BCUT2D eigenvalue weighted by Gasteiger charge is 2.09. The zero-order chi connectivity index (χ0) is 18.5. The molecule has 5 aromatic rings. The van der Waals surface area contributed by atoms with Gasteiger partial charge in [-0.05, 0) is 55.3 Å². The molecule has 0 aliphatic rings. The van der Waals surface area contributed by atoms with Gasteiger partial charge in [0.25, 0.3) is 0 Å². The summed E-state index contributed by atoms with van der Waals surface area (Å²) in [5.41, 5.74) is 8.35. The van der Waals surface area contributed by atoms with Crippen molar-refractivity contribution in [1.29, 1.82) is 0 Å². The van der Waals surface area contributed by atoms with Crippen molar-refractivity contribution < 1.29 is 0 Å². The van der Waals surface area contributed by atoms with Crippen molar-refractivity contribution in [2.45, 2.75) is 13.8 Å². The molecule has 5 nitrogen and oxygen atoms in total. The number of fused-ring (bicyclic) bond motifs is 2. The molecule has 0 aliphatic carbocycles. The van der Waals surface area contributed by atoms with Gasteiger partial charge in [0.1, 0.15) is 11.6 Å². The minimum Gasteiger partial charge on any atom is -0.338 e. The third-order valence-electron chi connectivity index (χ3n) is 4.97. The van der Waals surface area contributed by atoms with Crippen molar-refractivity contribution in [3.8, 4) is 22.5 Å². The van der Waals surface area contributed by atoms with E-state index in [2.05, 4.69) is 71.5 Å². The quantitative estimate of drug-likeness (QED) is 0.456. The molecular formula is C22H19N5. The second-order valence-corrected chi connectivity index (χ2v) is 6.92. The lowest BCUT2D eigenvalue weighted by atomic mass is 10.0. The highest BCUT2D eigenvalue weighted by Crippen LogP contribution is 2.28. The predicted molar refractivity (Wildman–Crippen MR) is 110 cm³/mol. The van der Waals surface area contributed by atoms with E-state index in [0.29, 0.717) is 0 Å². The van der Waals surface area contributed by atoms with Crippen LogP contribution in [0.3, 0.4) is 0 Å². The number of nitrogens with one attached hydrogen (secondary N) is 1. The summed E-state index contributed by atoms with van der Waals surface area (Å²) in [6.07, 6.45) is 0. The van der Waals surface area contributed by atoms with Gasteiger partial charge in [0.05, 0.1) is 22.1 Å². The van der Waals surface area contributed by atoms with E-state index in [0.717, 1.165) is 50.4 Å². The Kier molecular flexibility index (Phi) is 3.31. The standard InChI is InChI=1S/C22H19N5/c1-13-4-3-5-17(10-13)22-25-18-8-6-15(11-19(18)26-22)16-7-9-21-20(12-16)24-14(2)27(21)23/h3-12H,23H2,1-2H3,(H,25,26). The fourth-order valence-electron chi connectivity index (χ4n) is 3.52. The Morgan fingerprint density at radius 1 is 0.815 bits per heavy atom. The number of aromatic nitrogens is 4. The van der Waals surface area contributed by atoms with Gasteiger partial charge in [-0.1, -0.05) is 35.9 Å². The molecule has 0 aliphatic heterocycles.